The van der Waals surface area contributed by atoms with E-state index in [1.165, 1.54) is 0 Å². The Morgan fingerprint density at radius 2 is 2.17 bits per heavy atom. The van der Waals surface area contributed by atoms with E-state index in [9.17, 15) is 13.2 Å². The lowest BCUT2D eigenvalue weighted by atomic mass is 10.4. The fourth-order valence-corrected chi connectivity index (χ4v) is 2.31. The van der Waals surface area contributed by atoms with E-state index in [0.29, 0.717) is 0 Å². The minimum atomic E-state index is -3.60. The number of rotatable bonds is 1. The van der Waals surface area contributed by atoms with Crippen molar-refractivity contribution in [3.8, 4) is 0 Å². The summed E-state index contributed by atoms with van der Waals surface area (Å²) in [5.74, 6) is 0. The SMILES string of the molecule is O=C(O)N1CC[C@@H](S(=O)(=O)Cl)C1. The molecule has 0 aromatic rings. The van der Waals surface area contributed by atoms with Crippen LogP contribution >= 0.6 is 10.7 Å². The molecule has 0 aromatic carbocycles. The van der Waals surface area contributed by atoms with E-state index in [1.807, 2.05) is 0 Å². The standard InChI is InChI=1S/C5H8ClNO4S/c6-12(10,11)4-1-2-7(3-4)5(8)9/h4H,1-3H2,(H,8,9)/t4-/m1/s1. The van der Waals surface area contributed by atoms with E-state index in [0.717, 1.165) is 4.90 Å². The number of amides is 1. The molecule has 70 valence electrons. The van der Waals surface area contributed by atoms with Crippen LogP contribution < -0.4 is 0 Å². The Morgan fingerprint density at radius 3 is 2.42 bits per heavy atom. The lowest BCUT2D eigenvalue weighted by Crippen LogP contribution is -2.29. The van der Waals surface area contributed by atoms with Gasteiger partial charge in [-0.25, -0.2) is 13.2 Å². The van der Waals surface area contributed by atoms with E-state index in [-0.39, 0.29) is 19.5 Å². The third-order valence-corrected chi connectivity index (χ3v) is 3.75. The highest BCUT2D eigenvalue weighted by Crippen LogP contribution is 2.19. The van der Waals surface area contributed by atoms with Crippen molar-refractivity contribution >= 4 is 25.8 Å². The molecular formula is C5H8ClNO4S. The smallest absolute Gasteiger partial charge is 0.407 e. The maximum Gasteiger partial charge on any atom is 0.407 e. The van der Waals surface area contributed by atoms with Gasteiger partial charge in [0.1, 0.15) is 0 Å². The monoisotopic (exact) mass is 213 g/mol. The zero-order valence-corrected chi connectivity index (χ0v) is 7.68. The predicted octanol–water partition coefficient (Wildman–Crippen LogP) is 0.307. The summed E-state index contributed by atoms with van der Waals surface area (Å²) >= 11 is 0. The molecule has 12 heavy (non-hydrogen) atoms. The van der Waals surface area contributed by atoms with Crippen molar-refractivity contribution < 1.29 is 18.3 Å². The summed E-state index contributed by atoms with van der Waals surface area (Å²) in [5.41, 5.74) is 0. The second-order valence-electron chi connectivity index (χ2n) is 2.61. The quantitative estimate of drug-likeness (QED) is 0.636. The summed E-state index contributed by atoms with van der Waals surface area (Å²) in [6, 6.07) is 0. The van der Waals surface area contributed by atoms with Crippen molar-refractivity contribution in [2.45, 2.75) is 11.7 Å². The minimum absolute atomic E-state index is 0.0127. The first-order valence-electron chi connectivity index (χ1n) is 3.32. The Labute approximate surface area is 74.3 Å². The van der Waals surface area contributed by atoms with Crippen molar-refractivity contribution in [2.75, 3.05) is 13.1 Å². The number of likely N-dealkylation sites (tertiary alicyclic amines) is 1. The molecule has 1 amide bonds. The van der Waals surface area contributed by atoms with Crippen LogP contribution in [0, 0.1) is 0 Å². The Balaban J connectivity index is 2.64. The largest absolute Gasteiger partial charge is 0.465 e. The molecule has 1 rings (SSSR count). The van der Waals surface area contributed by atoms with E-state index < -0.39 is 20.4 Å². The molecule has 1 saturated heterocycles. The third kappa shape index (κ3) is 2.01. The number of carbonyl (C=O) groups is 1. The van der Waals surface area contributed by atoms with Gasteiger partial charge in [-0.3, -0.25) is 0 Å². The van der Waals surface area contributed by atoms with Crippen LogP contribution in [-0.2, 0) is 9.05 Å². The van der Waals surface area contributed by atoms with Gasteiger partial charge in [-0.15, -0.1) is 0 Å². The topological polar surface area (TPSA) is 74.7 Å². The fourth-order valence-electron chi connectivity index (χ4n) is 1.13. The Morgan fingerprint density at radius 1 is 1.58 bits per heavy atom. The van der Waals surface area contributed by atoms with Gasteiger partial charge in [-0.1, -0.05) is 0 Å². The van der Waals surface area contributed by atoms with Gasteiger partial charge >= 0.3 is 6.09 Å². The molecular weight excluding hydrogens is 206 g/mol. The molecule has 1 atom stereocenters. The molecule has 1 aliphatic heterocycles. The number of hydrogen-bond acceptors (Lipinski definition) is 3. The van der Waals surface area contributed by atoms with Gasteiger partial charge in [0.05, 0.1) is 5.25 Å². The van der Waals surface area contributed by atoms with Crippen LogP contribution in [0.15, 0.2) is 0 Å². The van der Waals surface area contributed by atoms with Crippen molar-refractivity contribution in [1.29, 1.82) is 0 Å². The number of carboxylic acid groups (broad SMARTS) is 1. The molecule has 1 fully saturated rings. The third-order valence-electron chi connectivity index (χ3n) is 1.81. The van der Waals surface area contributed by atoms with E-state index >= 15 is 0 Å². The van der Waals surface area contributed by atoms with Crippen LogP contribution in [0.1, 0.15) is 6.42 Å². The second-order valence-corrected chi connectivity index (χ2v) is 5.52. The zero-order chi connectivity index (χ0) is 9.35. The van der Waals surface area contributed by atoms with Crippen LogP contribution in [-0.4, -0.2) is 42.9 Å². The first kappa shape index (κ1) is 9.60. The number of halogens is 1. The molecule has 1 N–H and O–H groups in total. The van der Waals surface area contributed by atoms with Gasteiger partial charge in [0.15, 0.2) is 0 Å². The summed E-state index contributed by atoms with van der Waals surface area (Å²) in [6.45, 7) is 0.229. The van der Waals surface area contributed by atoms with Crippen LogP contribution in [0.2, 0.25) is 0 Å². The second kappa shape index (κ2) is 3.10. The molecule has 0 unspecified atom stereocenters. The molecule has 0 aromatic heterocycles. The summed E-state index contributed by atoms with van der Waals surface area (Å²) in [4.78, 5) is 11.4. The molecule has 5 nitrogen and oxygen atoms in total. The van der Waals surface area contributed by atoms with Crippen molar-refractivity contribution in [3.05, 3.63) is 0 Å². The van der Waals surface area contributed by atoms with Gasteiger partial charge in [-0.05, 0) is 6.42 Å². The van der Waals surface area contributed by atoms with Gasteiger partial charge in [0.25, 0.3) is 0 Å². The van der Waals surface area contributed by atoms with Gasteiger partial charge in [0, 0.05) is 23.8 Å². The number of hydrogen-bond donors (Lipinski definition) is 1. The highest BCUT2D eigenvalue weighted by Gasteiger charge is 2.33. The summed E-state index contributed by atoms with van der Waals surface area (Å²) in [6.07, 6.45) is -0.809. The number of nitrogens with zero attached hydrogens (tertiary/aromatic N) is 1. The lowest BCUT2D eigenvalue weighted by molar-refractivity contribution is 0.156. The highest BCUT2D eigenvalue weighted by molar-refractivity contribution is 8.14. The average Bonchev–Trinajstić information content (AvgIpc) is 2.30. The van der Waals surface area contributed by atoms with Crippen LogP contribution in [0.5, 0.6) is 0 Å². The minimum Gasteiger partial charge on any atom is -0.465 e. The van der Waals surface area contributed by atoms with Gasteiger partial charge in [0.2, 0.25) is 9.05 Å². The lowest BCUT2D eigenvalue weighted by Gasteiger charge is -2.09. The molecule has 0 aliphatic carbocycles. The van der Waals surface area contributed by atoms with Crippen molar-refractivity contribution in [3.63, 3.8) is 0 Å². The van der Waals surface area contributed by atoms with E-state index in [1.54, 1.807) is 0 Å². The Kier molecular flexibility index (Phi) is 2.48. The van der Waals surface area contributed by atoms with Gasteiger partial charge in [-0.2, -0.15) is 0 Å². The molecule has 7 heteroatoms. The molecule has 0 spiro atoms. The van der Waals surface area contributed by atoms with Crippen LogP contribution in [0.3, 0.4) is 0 Å². The van der Waals surface area contributed by atoms with E-state index in [2.05, 4.69) is 0 Å². The normalized spacial score (nSPS) is 24.4. The molecule has 0 bridgehead atoms. The zero-order valence-electron chi connectivity index (χ0n) is 6.10. The van der Waals surface area contributed by atoms with Crippen LogP contribution in [0.4, 0.5) is 4.79 Å². The van der Waals surface area contributed by atoms with Gasteiger partial charge < -0.3 is 10.0 Å². The van der Waals surface area contributed by atoms with Crippen LogP contribution in [0.25, 0.3) is 0 Å². The molecule has 0 radical (unpaired) electrons. The highest BCUT2D eigenvalue weighted by atomic mass is 35.7. The van der Waals surface area contributed by atoms with E-state index in [4.69, 9.17) is 15.8 Å². The summed E-state index contributed by atoms with van der Waals surface area (Å²) < 4.78 is 21.5. The van der Waals surface area contributed by atoms with Crippen molar-refractivity contribution in [2.24, 2.45) is 0 Å². The molecule has 1 aliphatic rings. The summed E-state index contributed by atoms with van der Waals surface area (Å²) in [5, 5.41) is 7.74. The first-order chi connectivity index (χ1) is 5.41. The Hall–Kier alpha value is -0.490. The maximum atomic E-state index is 10.7. The molecule has 1 heterocycles. The van der Waals surface area contributed by atoms with Crippen molar-refractivity contribution in [1.82, 2.24) is 4.90 Å². The first-order valence-corrected chi connectivity index (χ1v) is 5.70. The predicted molar refractivity (Wildman–Crippen MR) is 42.8 cm³/mol. The Bertz CT molecular complexity index is 288. The maximum absolute atomic E-state index is 10.7. The summed E-state index contributed by atoms with van der Waals surface area (Å²) in [7, 11) is 1.46. The molecule has 0 saturated carbocycles. The fraction of sp³-hybridized carbons (Fsp3) is 0.800. The average molecular weight is 214 g/mol.